The normalized spacial score (nSPS) is 17.3. The lowest BCUT2D eigenvalue weighted by Crippen LogP contribution is -2.39. The molecule has 1 saturated carbocycles. The van der Waals surface area contributed by atoms with Crippen molar-refractivity contribution in [3.63, 3.8) is 0 Å². The molecule has 17 heavy (non-hydrogen) atoms. The molecule has 0 saturated heterocycles. The Kier molecular flexibility index (Phi) is 3.43. The van der Waals surface area contributed by atoms with Crippen LogP contribution in [0.3, 0.4) is 0 Å². The van der Waals surface area contributed by atoms with E-state index < -0.39 is 0 Å². The molecular weight excluding hydrogens is 280 g/mol. The standard InChI is InChI=1S/C13H17BrN2O/c1-13(5-2-6-13)8-16-12(17)9-3-4-11(15)10(14)7-9/h3-4,7H,2,5-6,8,15H2,1H3,(H,16,17). The van der Waals surface area contributed by atoms with E-state index in [1.165, 1.54) is 19.3 Å². The second-order valence-corrected chi connectivity index (χ2v) is 5.94. The highest BCUT2D eigenvalue weighted by molar-refractivity contribution is 9.10. The minimum Gasteiger partial charge on any atom is -0.398 e. The number of carbonyl (C=O) groups excluding carboxylic acids is 1. The summed E-state index contributed by atoms with van der Waals surface area (Å²) >= 11 is 3.32. The maximum atomic E-state index is 11.9. The molecule has 1 aromatic carbocycles. The van der Waals surface area contributed by atoms with E-state index in [-0.39, 0.29) is 5.91 Å². The molecular formula is C13H17BrN2O. The van der Waals surface area contributed by atoms with E-state index in [2.05, 4.69) is 28.2 Å². The molecule has 0 radical (unpaired) electrons. The van der Waals surface area contributed by atoms with Crippen LogP contribution < -0.4 is 11.1 Å². The summed E-state index contributed by atoms with van der Waals surface area (Å²) in [6.07, 6.45) is 3.69. The fourth-order valence-electron chi connectivity index (χ4n) is 2.02. The molecule has 1 amide bonds. The van der Waals surface area contributed by atoms with Gasteiger partial charge in [-0.15, -0.1) is 0 Å². The highest BCUT2D eigenvalue weighted by atomic mass is 79.9. The van der Waals surface area contributed by atoms with Gasteiger partial charge >= 0.3 is 0 Å². The summed E-state index contributed by atoms with van der Waals surface area (Å²) in [4.78, 5) is 11.9. The van der Waals surface area contributed by atoms with Crippen molar-refractivity contribution >= 4 is 27.5 Å². The van der Waals surface area contributed by atoms with Gasteiger partial charge in [-0.1, -0.05) is 13.3 Å². The van der Waals surface area contributed by atoms with Gasteiger partial charge in [-0.25, -0.2) is 0 Å². The fourth-order valence-corrected chi connectivity index (χ4v) is 2.40. The summed E-state index contributed by atoms with van der Waals surface area (Å²) in [5.74, 6) is -0.0289. The quantitative estimate of drug-likeness (QED) is 0.843. The lowest BCUT2D eigenvalue weighted by atomic mass is 9.70. The number of nitrogens with one attached hydrogen (secondary N) is 1. The molecule has 0 spiro atoms. The summed E-state index contributed by atoms with van der Waals surface area (Å²) in [5, 5.41) is 2.99. The summed E-state index contributed by atoms with van der Waals surface area (Å²) in [6.45, 7) is 2.98. The van der Waals surface area contributed by atoms with Crippen LogP contribution in [0.4, 0.5) is 5.69 Å². The number of hydrogen-bond acceptors (Lipinski definition) is 2. The monoisotopic (exact) mass is 296 g/mol. The Morgan fingerprint density at radius 1 is 1.53 bits per heavy atom. The van der Waals surface area contributed by atoms with Crippen LogP contribution in [0.5, 0.6) is 0 Å². The van der Waals surface area contributed by atoms with Crippen molar-refractivity contribution in [3.05, 3.63) is 28.2 Å². The second-order valence-electron chi connectivity index (χ2n) is 5.08. The van der Waals surface area contributed by atoms with Gasteiger partial charge in [0.25, 0.3) is 5.91 Å². The van der Waals surface area contributed by atoms with Crippen LogP contribution >= 0.6 is 15.9 Å². The van der Waals surface area contributed by atoms with Crippen LogP contribution in [0.1, 0.15) is 36.5 Å². The number of halogens is 1. The fraction of sp³-hybridized carbons (Fsp3) is 0.462. The average molecular weight is 297 g/mol. The molecule has 0 bridgehead atoms. The van der Waals surface area contributed by atoms with Gasteiger partial charge in [-0.2, -0.15) is 0 Å². The van der Waals surface area contributed by atoms with Crippen molar-refractivity contribution in [2.75, 3.05) is 12.3 Å². The van der Waals surface area contributed by atoms with Gasteiger partial charge in [0.2, 0.25) is 0 Å². The molecule has 4 heteroatoms. The number of amides is 1. The van der Waals surface area contributed by atoms with Crippen LogP contribution in [0.2, 0.25) is 0 Å². The summed E-state index contributed by atoms with van der Waals surface area (Å²) in [5.41, 5.74) is 7.28. The van der Waals surface area contributed by atoms with E-state index in [0.29, 0.717) is 16.7 Å². The lowest BCUT2D eigenvalue weighted by Gasteiger charge is -2.38. The minimum absolute atomic E-state index is 0.0289. The highest BCUT2D eigenvalue weighted by Gasteiger charge is 2.31. The molecule has 0 unspecified atom stereocenters. The van der Waals surface area contributed by atoms with Crippen molar-refractivity contribution < 1.29 is 4.79 Å². The Hall–Kier alpha value is -1.03. The van der Waals surface area contributed by atoms with Crippen molar-refractivity contribution in [1.29, 1.82) is 0 Å². The zero-order chi connectivity index (χ0) is 12.5. The maximum absolute atomic E-state index is 11.9. The third kappa shape index (κ3) is 2.80. The Labute approximate surface area is 110 Å². The van der Waals surface area contributed by atoms with E-state index in [0.717, 1.165) is 11.0 Å². The number of hydrogen-bond donors (Lipinski definition) is 2. The topological polar surface area (TPSA) is 55.1 Å². The van der Waals surface area contributed by atoms with Crippen LogP contribution in [0.15, 0.2) is 22.7 Å². The Morgan fingerprint density at radius 3 is 2.76 bits per heavy atom. The largest absolute Gasteiger partial charge is 0.398 e. The summed E-state index contributed by atoms with van der Waals surface area (Å²) in [7, 11) is 0. The minimum atomic E-state index is -0.0289. The van der Waals surface area contributed by atoms with E-state index >= 15 is 0 Å². The number of rotatable bonds is 3. The van der Waals surface area contributed by atoms with Gasteiger partial charge in [0.05, 0.1) is 0 Å². The third-order valence-corrected chi connectivity index (χ3v) is 4.19. The first-order valence-electron chi connectivity index (χ1n) is 5.83. The Morgan fingerprint density at radius 2 is 2.24 bits per heavy atom. The first-order valence-corrected chi connectivity index (χ1v) is 6.63. The molecule has 0 aliphatic heterocycles. The molecule has 0 aromatic heterocycles. The van der Waals surface area contributed by atoms with Crippen LogP contribution in [-0.2, 0) is 0 Å². The van der Waals surface area contributed by atoms with Gasteiger partial charge in [0, 0.05) is 22.3 Å². The predicted molar refractivity (Wildman–Crippen MR) is 72.8 cm³/mol. The molecule has 1 fully saturated rings. The zero-order valence-electron chi connectivity index (χ0n) is 9.92. The predicted octanol–water partition coefficient (Wildman–Crippen LogP) is 2.95. The lowest BCUT2D eigenvalue weighted by molar-refractivity contribution is 0.0891. The van der Waals surface area contributed by atoms with Crippen LogP contribution in [0, 0.1) is 5.41 Å². The molecule has 1 aromatic rings. The van der Waals surface area contributed by atoms with Gasteiger partial charge < -0.3 is 11.1 Å². The van der Waals surface area contributed by atoms with Gasteiger partial charge in [0.1, 0.15) is 0 Å². The zero-order valence-corrected chi connectivity index (χ0v) is 11.5. The number of nitrogens with two attached hydrogens (primary N) is 1. The molecule has 2 rings (SSSR count). The Balaban J connectivity index is 1.97. The number of benzene rings is 1. The third-order valence-electron chi connectivity index (χ3n) is 3.50. The molecule has 0 atom stereocenters. The molecule has 92 valence electrons. The van der Waals surface area contributed by atoms with E-state index in [4.69, 9.17) is 5.73 Å². The molecule has 1 aliphatic carbocycles. The van der Waals surface area contributed by atoms with Crippen molar-refractivity contribution in [2.24, 2.45) is 5.41 Å². The van der Waals surface area contributed by atoms with Gasteiger partial charge in [-0.3, -0.25) is 4.79 Å². The van der Waals surface area contributed by atoms with E-state index in [1.54, 1.807) is 18.2 Å². The van der Waals surface area contributed by atoms with Crippen molar-refractivity contribution in [2.45, 2.75) is 26.2 Å². The summed E-state index contributed by atoms with van der Waals surface area (Å²) < 4.78 is 0.764. The molecule has 0 heterocycles. The van der Waals surface area contributed by atoms with Gasteiger partial charge in [0.15, 0.2) is 0 Å². The van der Waals surface area contributed by atoms with Crippen LogP contribution in [-0.4, -0.2) is 12.5 Å². The first kappa shape index (κ1) is 12.4. The molecule has 3 N–H and O–H groups in total. The average Bonchev–Trinajstić information content (AvgIpc) is 2.27. The number of anilines is 1. The van der Waals surface area contributed by atoms with Crippen molar-refractivity contribution in [1.82, 2.24) is 5.32 Å². The maximum Gasteiger partial charge on any atom is 0.251 e. The summed E-state index contributed by atoms with van der Waals surface area (Å²) in [6, 6.07) is 5.25. The second kappa shape index (κ2) is 4.69. The number of nitrogen functional groups attached to an aromatic ring is 1. The van der Waals surface area contributed by atoms with E-state index in [1.807, 2.05) is 0 Å². The van der Waals surface area contributed by atoms with Crippen LogP contribution in [0.25, 0.3) is 0 Å². The number of carbonyl (C=O) groups is 1. The SMILES string of the molecule is CC1(CNC(=O)c2ccc(N)c(Br)c2)CCC1. The molecule has 1 aliphatic rings. The highest BCUT2D eigenvalue weighted by Crippen LogP contribution is 2.39. The van der Waals surface area contributed by atoms with Crippen molar-refractivity contribution in [3.8, 4) is 0 Å². The van der Waals surface area contributed by atoms with E-state index in [9.17, 15) is 4.79 Å². The smallest absolute Gasteiger partial charge is 0.251 e. The van der Waals surface area contributed by atoms with Gasteiger partial charge in [-0.05, 0) is 52.4 Å². The first-order chi connectivity index (χ1) is 8.00. The Bertz CT molecular complexity index is 441. The molecule has 3 nitrogen and oxygen atoms in total.